The van der Waals surface area contributed by atoms with Gasteiger partial charge in [-0.15, -0.1) is 0 Å². The van der Waals surface area contributed by atoms with Crippen LogP contribution in [0.1, 0.15) is 30.9 Å². The third-order valence-corrected chi connectivity index (χ3v) is 5.60. The molecule has 152 valence electrons. The maximum atomic E-state index is 12.7. The number of ether oxygens (including phenoxy) is 1. The lowest BCUT2D eigenvalue weighted by molar-refractivity contribution is -0.119. The van der Waals surface area contributed by atoms with E-state index in [0.29, 0.717) is 18.9 Å². The molecule has 1 heterocycles. The smallest absolute Gasteiger partial charge is 0.248 e. The van der Waals surface area contributed by atoms with Gasteiger partial charge in [-0.2, -0.15) is 5.10 Å². The van der Waals surface area contributed by atoms with Crippen LogP contribution in [0.2, 0.25) is 0 Å². The standard InChI is InChI=1S/C24H29N3O2/c1-17(15-26(2)3)16-29-21-12-10-20(11-13-21)27-23(28)14-19-9-8-18-6-4-5-7-22(18)24(19)25-27/h4-7,10-13,17,19H,8-9,14-16H2,1-3H3. The summed E-state index contributed by atoms with van der Waals surface area (Å²) in [5, 5.41) is 6.35. The van der Waals surface area contributed by atoms with Gasteiger partial charge in [-0.3, -0.25) is 4.79 Å². The normalized spacial score (nSPS) is 19.4. The summed E-state index contributed by atoms with van der Waals surface area (Å²) >= 11 is 0. The van der Waals surface area contributed by atoms with E-state index >= 15 is 0 Å². The first-order chi connectivity index (χ1) is 14.0. The molecule has 2 aromatic carbocycles. The average molecular weight is 392 g/mol. The minimum Gasteiger partial charge on any atom is -0.493 e. The monoisotopic (exact) mass is 391 g/mol. The van der Waals surface area contributed by atoms with Crippen LogP contribution in [0.5, 0.6) is 5.75 Å². The van der Waals surface area contributed by atoms with Gasteiger partial charge in [0.15, 0.2) is 0 Å². The molecule has 2 atom stereocenters. The van der Waals surface area contributed by atoms with Gasteiger partial charge in [-0.05, 0) is 56.8 Å². The van der Waals surface area contributed by atoms with Crippen molar-refractivity contribution in [1.29, 1.82) is 0 Å². The average Bonchev–Trinajstić information content (AvgIpc) is 2.71. The molecular formula is C24H29N3O2. The van der Waals surface area contributed by atoms with E-state index < -0.39 is 0 Å². The van der Waals surface area contributed by atoms with E-state index in [2.05, 4.69) is 44.1 Å². The Morgan fingerprint density at radius 1 is 1.17 bits per heavy atom. The number of fused-ring (bicyclic) bond motifs is 3. The van der Waals surface area contributed by atoms with Gasteiger partial charge in [-0.1, -0.05) is 31.2 Å². The van der Waals surface area contributed by atoms with E-state index in [1.54, 1.807) is 5.01 Å². The Morgan fingerprint density at radius 3 is 2.69 bits per heavy atom. The first kappa shape index (κ1) is 19.6. The molecule has 1 aliphatic carbocycles. The van der Waals surface area contributed by atoms with Crippen LogP contribution < -0.4 is 9.75 Å². The van der Waals surface area contributed by atoms with E-state index in [9.17, 15) is 4.79 Å². The Labute approximate surface area is 173 Å². The molecule has 5 nitrogen and oxygen atoms in total. The van der Waals surface area contributed by atoms with Crippen LogP contribution in [-0.2, 0) is 11.2 Å². The highest BCUT2D eigenvalue weighted by atomic mass is 16.5. The molecule has 4 rings (SSSR count). The van der Waals surface area contributed by atoms with Gasteiger partial charge in [0.25, 0.3) is 0 Å². The summed E-state index contributed by atoms with van der Waals surface area (Å²) in [6.07, 6.45) is 2.53. The fourth-order valence-electron chi connectivity index (χ4n) is 4.27. The van der Waals surface area contributed by atoms with E-state index in [1.165, 1.54) is 11.1 Å². The van der Waals surface area contributed by atoms with E-state index in [4.69, 9.17) is 9.84 Å². The summed E-state index contributed by atoms with van der Waals surface area (Å²) in [5.74, 6) is 1.56. The number of amides is 1. The zero-order chi connectivity index (χ0) is 20.4. The quantitative estimate of drug-likeness (QED) is 0.749. The topological polar surface area (TPSA) is 45.1 Å². The number of rotatable bonds is 6. The van der Waals surface area contributed by atoms with Crippen molar-refractivity contribution >= 4 is 17.3 Å². The van der Waals surface area contributed by atoms with E-state index in [-0.39, 0.29) is 11.8 Å². The molecule has 0 saturated heterocycles. The minimum absolute atomic E-state index is 0.0615. The molecule has 0 spiro atoms. The summed E-state index contributed by atoms with van der Waals surface area (Å²) in [7, 11) is 4.13. The van der Waals surface area contributed by atoms with Crippen molar-refractivity contribution in [2.24, 2.45) is 16.9 Å². The van der Waals surface area contributed by atoms with Crippen LogP contribution in [0.25, 0.3) is 0 Å². The van der Waals surface area contributed by atoms with Crippen LogP contribution in [-0.4, -0.2) is 43.8 Å². The lowest BCUT2D eigenvalue weighted by Gasteiger charge is -2.33. The zero-order valence-corrected chi connectivity index (χ0v) is 17.5. The second kappa shape index (κ2) is 8.37. The highest BCUT2D eigenvalue weighted by Crippen LogP contribution is 2.34. The van der Waals surface area contributed by atoms with Gasteiger partial charge >= 0.3 is 0 Å². The Hall–Kier alpha value is -2.66. The van der Waals surface area contributed by atoms with Gasteiger partial charge in [0.1, 0.15) is 5.75 Å². The van der Waals surface area contributed by atoms with Crippen LogP contribution in [0, 0.1) is 11.8 Å². The highest BCUT2D eigenvalue weighted by Gasteiger charge is 2.34. The van der Waals surface area contributed by atoms with Crippen molar-refractivity contribution in [3.63, 3.8) is 0 Å². The number of benzene rings is 2. The number of anilines is 1. The van der Waals surface area contributed by atoms with Gasteiger partial charge < -0.3 is 9.64 Å². The lowest BCUT2D eigenvalue weighted by atomic mass is 9.79. The molecule has 2 aliphatic rings. The van der Waals surface area contributed by atoms with Crippen molar-refractivity contribution in [2.75, 3.05) is 32.3 Å². The lowest BCUT2D eigenvalue weighted by Crippen LogP contribution is -2.39. The van der Waals surface area contributed by atoms with Crippen molar-refractivity contribution < 1.29 is 9.53 Å². The van der Waals surface area contributed by atoms with Crippen molar-refractivity contribution in [3.8, 4) is 5.75 Å². The second-order valence-corrected chi connectivity index (χ2v) is 8.46. The predicted octanol–water partition coefficient (Wildman–Crippen LogP) is 3.97. The van der Waals surface area contributed by atoms with Crippen molar-refractivity contribution in [1.82, 2.24) is 4.90 Å². The Kier molecular flexibility index (Phi) is 5.67. The molecule has 0 aromatic heterocycles. The third-order valence-electron chi connectivity index (χ3n) is 5.60. The zero-order valence-electron chi connectivity index (χ0n) is 17.5. The van der Waals surface area contributed by atoms with E-state index in [1.807, 2.05) is 30.3 Å². The molecular weight excluding hydrogens is 362 g/mol. The summed E-state index contributed by atoms with van der Waals surface area (Å²) in [6, 6.07) is 16.1. The number of hydrogen-bond donors (Lipinski definition) is 0. The summed E-state index contributed by atoms with van der Waals surface area (Å²) in [5.41, 5.74) is 4.35. The molecule has 29 heavy (non-hydrogen) atoms. The molecule has 0 bridgehead atoms. The van der Waals surface area contributed by atoms with Crippen LogP contribution in [0.3, 0.4) is 0 Å². The molecule has 2 unspecified atom stereocenters. The number of hydrazone groups is 1. The van der Waals surface area contributed by atoms with Crippen LogP contribution in [0.15, 0.2) is 53.6 Å². The number of nitrogens with zero attached hydrogens (tertiary/aromatic N) is 3. The largest absolute Gasteiger partial charge is 0.493 e. The molecule has 1 aliphatic heterocycles. The van der Waals surface area contributed by atoms with Gasteiger partial charge in [-0.25, -0.2) is 5.01 Å². The molecule has 2 aromatic rings. The first-order valence-corrected chi connectivity index (χ1v) is 10.4. The second-order valence-electron chi connectivity index (χ2n) is 8.46. The van der Waals surface area contributed by atoms with Gasteiger partial charge in [0, 0.05) is 30.4 Å². The minimum atomic E-state index is 0.0615. The highest BCUT2D eigenvalue weighted by molar-refractivity contribution is 6.11. The summed E-state index contributed by atoms with van der Waals surface area (Å²) in [6.45, 7) is 3.83. The fraction of sp³-hybridized carbons (Fsp3) is 0.417. The van der Waals surface area contributed by atoms with Gasteiger partial charge in [0.05, 0.1) is 18.0 Å². The molecule has 5 heteroatoms. The number of carbonyl (C=O) groups is 1. The number of aryl methyl sites for hydroxylation is 1. The Balaban J connectivity index is 1.50. The van der Waals surface area contributed by atoms with Crippen molar-refractivity contribution in [2.45, 2.75) is 26.2 Å². The summed E-state index contributed by atoms with van der Waals surface area (Å²) < 4.78 is 5.90. The van der Waals surface area contributed by atoms with Crippen LogP contribution in [0.4, 0.5) is 5.69 Å². The predicted molar refractivity (Wildman–Crippen MR) is 117 cm³/mol. The van der Waals surface area contributed by atoms with E-state index in [0.717, 1.165) is 36.5 Å². The molecule has 0 N–H and O–H groups in total. The molecule has 0 fully saturated rings. The fourth-order valence-corrected chi connectivity index (χ4v) is 4.27. The number of hydrogen-bond acceptors (Lipinski definition) is 4. The maximum Gasteiger partial charge on any atom is 0.248 e. The molecule has 1 amide bonds. The molecule has 0 saturated carbocycles. The maximum absolute atomic E-state index is 12.7. The first-order valence-electron chi connectivity index (χ1n) is 10.4. The summed E-state index contributed by atoms with van der Waals surface area (Å²) in [4.78, 5) is 14.9. The Morgan fingerprint density at radius 2 is 1.93 bits per heavy atom. The third kappa shape index (κ3) is 4.35. The van der Waals surface area contributed by atoms with Crippen molar-refractivity contribution in [3.05, 3.63) is 59.7 Å². The SMILES string of the molecule is CC(COc1ccc(N2N=C3c4ccccc4CCC3CC2=O)cc1)CN(C)C. The number of carbonyl (C=O) groups excluding carboxylic acids is 1. The van der Waals surface area contributed by atoms with Crippen LogP contribution >= 0.6 is 0 Å². The molecule has 0 radical (unpaired) electrons. The Bertz CT molecular complexity index is 905. The van der Waals surface area contributed by atoms with Gasteiger partial charge in [0.2, 0.25) is 5.91 Å².